The van der Waals surface area contributed by atoms with Gasteiger partial charge in [-0.1, -0.05) is 17.3 Å². The zero-order chi connectivity index (χ0) is 13.7. The summed E-state index contributed by atoms with van der Waals surface area (Å²) >= 11 is 0. The van der Waals surface area contributed by atoms with Gasteiger partial charge in [0.1, 0.15) is 0 Å². The van der Waals surface area contributed by atoms with Gasteiger partial charge in [-0.15, -0.1) is 0 Å². The highest BCUT2D eigenvalue weighted by molar-refractivity contribution is 6.02. The molecule has 0 fully saturated rings. The fraction of sp³-hybridized carbons (Fsp3) is 0.143. The van der Waals surface area contributed by atoms with Crippen LogP contribution in [0.4, 0.5) is 5.69 Å². The molecule has 5 nitrogen and oxygen atoms in total. The van der Waals surface area contributed by atoms with Crippen molar-refractivity contribution < 1.29 is 5.21 Å². The van der Waals surface area contributed by atoms with E-state index in [-0.39, 0.29) is 5.84 Å². The van der Waals surface area contributed by atoms with Crippen molar-refractivity contribution in [2.45, 2.75) is 6.54 Å². The lowest BCUT2D eigenvalue weighted by atomic mass is 10.1. The van der Waals surface area contributed by atoms with Crippen LogP contribution in [0.3, 0.4) is 0 Å². The van der Waals surface area contributed by atoms with E-state index in [0.717, 1.165) is 17.8 Å². The van der Waals surface area contributed by atoms with Gasteiger partial charge in [0.2, 0.25) is 0 Å². The number of aromatic nitrogens is 1. The van der Waals surface area contributed by atoms with Crippen LogP contribution in [-0.4, -0.2) is 23.1 Å². The topological polar surface area (TPSA) is 74.7 Å². The number of hydrogen-bond donors (Lipinski definition) is 2. The minimum absolute atomic E-state index is 0.108. The van der Waals surface area contributed by atoms with E-state index in [1.807, 2.05) is 48.3 Å². The molecule has 5 heteroatoms. The van der Waals surface area contributed by atoms with Crippen molar-refractivity contribution in [3.8, 4) is 0 Å². The number of para-hydroxylation sites is 1. The maximum Gasteiger partial charge on any atom is 0.172 e. The molecule has 0 amide bonds. The Morgan fingerprint density at radius 3 is 2.63 bits per heavy atom. The Hall–Kier alpha value is -2.56. The summed E-state index contributed by atoms with van der Waals surface area (Å²) in [6.07, 6.45) is 3.53. The third-order valence-corrected chi connectivity index (χ3v) is 2.87. The smallest absolute Gasteiger partial charge is 0.172 e. The number of amidine groups is 1. The van der Waals surface area contributed by atoms with Gasteiger partial charge in [-0.3, -0.25) is 4.98 Å². The monoisotopic (exact) mass is 256 g/mol. The van der Waals surface area contributed by atoms with Crippen LogP contribution in [-0.2, 0) is 6.54 Å². The molecule has 2 aromatic rings. The molecule has 0 spiro atoms. The second-order valence-corrected chi connectivity index (χ2v) is 4.21. The molecule has 98 valence electrons. The molecule has 0 aliphatic heterocycles. The van der Waals surface area contributed by atoms with Gasteiger partial charge in [-0.25, -0.2) is 0 Å². The largest absolute Gasteiger partial charge is 0.409 e. The Bertz CT molecular complexity index is 569. The first-order valence-corrected chi connectivity index (χ1v) is 5.89. The summed E-state index contributed by atoms with van der Waals surface area (Å²) in [7, 11) is 1.96. The number of anilines is 1. The number of pyridine rings is 1. The number of nitrogens with zero attached hydrogens (tertiary/aromatic N) is 3. The summed E-state index contributed by atoms with van der Waals surface area (Å²) in [5.41, 5.74) is 8.46. The second-order valence-electron chi connectivity index (χ2n) is 4.21. The molecule has 19 heavy (non-hydrogen) atoms. The van der Waals surface area contributed by atoms with E-state index in [9.17, 15) is 0 Å². The summed E-state index contributed by atoms with van der Waals surface area (Å²) in [6, 6.07) is 11.5. The molecule has 0 radical (unpaired) electrons. The maximum atomic E-state index is 8.82. The van der Waals surface area contributed by atoms with Crippen LogP contribution in [0.5, 0.6) is 0 Å². The van der Waals surface area contributed by atoms with Crippen molar-refractivity contribution in [2.24, 2.45) is 10.9 Å². The molecule has 0 saturated carbocycles. The van der Waals surface area contributed by atoms with Gasteiger partial charge in [0.15, 0.2) is 5.84 Å². The number of nitrogens with two attached hydrogens (primary N) is 1. The van der Waals surface area contributed by atoms with Crippen LogP contribution in [0, 0.1) is 0 Å². The van der Waals surface area contributed by atoms with Crippen LogP contribution >= 0.6 is 0 Å². The normalized spacial score (nSPS) is 11.3. The molecule has 3 N–H and O–H groups in total. The predicted octanol–water partition coefficient (Wildman–Crippen LogP) is 1.81. The standard InChI is InChI=1S/C14H16N4O/c1-18(10-11-6-8-16-9-7-11)13-5-3-2-4-12(13)14(15)17-19/h2-9,19H,10H2,1H3,(H2,15,17). The van der Waals surface area contributed by atoms with Gasteiger partial charge < -0.3 is 15.8 Å². The zero-order valence-electron chi connectivity index (χ0n) is 10.7. The van der Waals surface area contributed by atoms with E-state index in [0.29, 0.717) is 5.56 Å². The molecular formula is C14H16N4O. The van der Waals surface area contributed by atoms with E-state index in [4.69, 9.17) is 10.9 Å². The third kappa shape index (κ3) is 3.01. The van der Waals surface area contributed by atoms with E-state index < -0.39 is 0 Å². The first-order chi connectivity index (χ1) is 9.22. The van der Waals surface area contributed by atoms with Crippen molar-refractivity contribution in [1.82, 2.24) is 4.98 Å². The predicted molar refractivity (Wildman–Crippen MR) is 75.3 cm³/mol. The molecular weight excluding hydrogens is 240 g/mol. The number of hydrogen-bond acceptors (Lipinski definition) is 4. The molecule has 0 bridgehead atoms. The van der Waals surface area contributed by atoms with Crippen molar-refractivity contribution in [3.05, 3.63) is 59.9 Å². The van der Waals surface area contributed by atoms with Crippen molar-refractivity contribution >= 4 is 11.5 Å². The highest BCUT2D eigenvalue weighted by Crippen LogP contribution is 2.20. The van der Waals surface area contributed by atoms with E-state index in [2.05, 4.69) is 10.1 Å². The number of oxime groups is 1. The molecule has 0 aliphatic rings. The average molecular weight is 256 g/mol. The van der Waals surface area contributed by atoms with Crippen molar-refractivity contribution in [1.29, 1.82) is 0 Å². The van der Waals surface area contributed by atoms with Crippen LogP contribution in [0.25, 0.3) is 0 Å². The summed E-state index contributed by atoms with van der Waals surface area (Å²) in [5, 5.41) is 11.9. The van der Waals surface area contributed by atoms with Crippen LogP contribution in [0.1, 0.15) is 11.1 Å². The molecule has 0 aliphatic carbocycles. The molecule has 2 rings (SSSR count). The fourth-order valence-electron chi connectivity index (χ4n) is 1.92. The quantitative estimate of drug-likeness (QED) is 0.378. The van der Waals surface area contributed by atoms with Crippen molar-refractivity contribution in [2.75, 3.05) is 11.9 Å². The van der Waals surface area contributed by atoms with Gasteiger partial charge in [0.05, 0.1) is 0 Å². The molecule has 0 atom stereocenters. The van der Waals surface area contributed by atoms with Gasteiger partial charge in [0.25, 0.3) is 0 Å². The Labute approximate surface area is 112 Å². The molecule has 1 aromatic heterocycles. The summed E-state index contributed by atoms with van der Waals surface area (Å²) in [6.45, 7) is 0.720. The summed E-state index contributed by atoms with van der Waals surface area (Å²) < 4.78 is 0. The highest BCUT2D eigenvalue weighted by atomic mass is 16.4. The maximum absolute atomic E-state index is 8.82. The average Bonchev–Trinajstić information content (AvgIpc) is 2.47. The summed E-state index contributed by atoms with van der Waals surface area (Å²) in [5.74, 6) is 0.108. The molecule has 0 unspecified atom stereocenters. The Kier molecular flexibility index (Phi) is 3.97. The van der Waals surface area contributed by atoms with E-state index in [1.54, 1.807) is 12.4 Å². The van der Waals surface area contributed by atoms with Crippen LogP contribution in [0.15, 0.2) is 53.9 Å². The zero-order valence-corrected chi connectivity index (χ0v) is 10.7. The van der Waals surface area contributed by atoms with Gasteiger partial charge in [-0.2, -0.15) is 0 Å². The second kappa shape index (κ2) is 5.86. The first-order valence-electron chi connectivity index (χ1n) is 5.89. The lowest BCUT2D eigenvalue weighted by Gasteiger charge is -2.22. The van der Waals surface area contributed by atoms with Crippen molar-refractivity contribution in [3.63, 3.8) is 0 Å². The molecule has 0 saturated heterocycles. The lowest BCUT2D eigenvalue weighted by molar-refractivity contribution is 0.318. The highest BCUT2D eigenvalue weighted by Gasteiger charge is 2.10. The first kappa shape index (κ1) is 12.9. The Balaban J connectivity index is 2.27. The van der Waals surface area contributed by atoms with E-state index in [1.165, 1.54) is 0 Å². The fourth-order valence-corrected chi connectivity index (χ4v) is 1.92. The number of rotatable bonds is 4. The minimum atomic E-state index is 0.108. The molecule has 1 heterocycles. The Morgan fingerprint density at radius 2 is 1.95 bits per heavy atom. The van der Waals surface area contributed by atoms with E-state index >= 15 is 0 Å². The SMILES string of the molecule is CN(Cc1ccncc1)c1ccccc1/C(N)=N/O. The lowest BCUT2D eigenvalue weighted by Crippen LogP contribution is -2.22. The van der Waals surface area contributed by atoms with Crippen LogP contribution < -0.4 is 10.6 Å². The van der Waals surface area contributed by atoms with Gasteiger partial charge >= 0.3 is 0 Å². The Morgan fingerprint density at radius 1 is 1.26 bits per heavy atom. The van der Waals surface area contributed by atoms with Gasteiger partial charge in [-0.05, 0) is 29.8 Å². The van der Waals surface area contributed by atoms with Gasteiger partial charge in [0, 0.05) is 37.2 Å². The molecule has 1 aromatic carbocycles. The summed E-state index contributed by atoms with van der Waals surface area (Å²) in [4.78, 5) is 6.04. The third-order valence-electron chi connectivity index (χ3n) is 2.87. The minimum Gasteiger partial charge on any atom is -0.409 e. The number of benzene rings is 1. The van der Waals surface area contributed by atoms with Crippen LogP contribution in [0.2, 0.25) is 0 Å².